The van der Waals surface area contributed by atoms with E-state index in [2.05, 4.69) is 15.3 Å². The van der Waals surface area contributed by atoms with Gasteiger partial charge in [-0.15, -0.1) is 5.10 Å². The van der Waals surface area contributed by atoms with Gasteiger partial charge >= 0.3 is 0 Å². The number of methoxy groups -OCH3 is 1. The van der Waals surface area contributed by atoms with Gasteiger partial charge in [0.1, 0.15) is 5.56 Å². The number of carbonyl (C=O) groups excluding carboxylic acids is 2. The molecular weight excluding hydrogens is 298 g/mol. The first kappa shape index (κ1) is 17.3. The Bertz CT molecular complexity index is 549. The number of piperazine rings is 1. The lowest BCUT2D eigenvalue weighted by Gasteiger charge is -2.34. The Kier molecular flexibility index (Phi) is 5.97. The number of amides is 2. The summed E-state index contributed by atoms with van der Waals surface area (Å²) in [5, 5.41) is 6.99. The Balaban J connectivity index is 1.82. The van der Waals surface area contributed by atoms with E-state index in [4.69, 9.17) is 4.74 Å². The Morgan fingerprint density at radius 1 is 1.30 bits per heavy atom. The largest absolute Gasteiger partial charge is 0.479 e. The molecular formula is C15H25N5O3. The maximum Gasteiger partial charge on any atom is 0.261 e. The summed E-state index contributed by atoms with van der Waals surface area (Å²) in [4.78, 5) is 27.8. The fourth-order valence-corrected chi connectivity index (χ4v) is 2.59. The molecule has 8 nitrogen and oxygen atoms in total. The summed E-state index contributed by atoms with van der Waals surface area (Å²) in [6, 6.07) is 0. The standard InChI is InChI=1S/C15H25N5O3/c1-4-13(21)16-5-6-19-7-9-20(10-8-19)15(22)12-11-18(2)17-14(12)23-3/h11H,4-10H2,1-3H3,(H,16,21). The molecule has 0 atom stereocenters. The normalized spacial score (nSPS) is 15.5. The van der Waals surface area contributed by atoms with Crippen molar-refractivity contribution in [1.29, 1.82) is 0 Å². The summed E-state index contributed by atoms with van der Waals surface area (Å²) in [5.41, 5.74) is 0.499. The first-order valence-electron chi connectivity index (χ1n) is 7.91. The average molecular weight is 323 g/mol. The smallest absolute Gasteiger partial charge is 0.261 e. The first-order chi connectivity index (χ1) is 11.0. The minimum absolute atomic E-state index is 0.0473. The molecule has 1 aliphatic rings. The van der Waals surface area contributed by atoms with Gasteiger partial charge in [0.15, 0.2) is 0 Å². The van der Waals surface area contributed by atoms with E-state index in [-0.39, 0.29) is 11.8 Å². The zero-order valence-electron chi connectivity index (χ0n) is 14.0. The van der Waals surface area contributed by atoms with Gasteiger partial charge in [-0.25, -0.2) is 0 Å². The van der Waals surface area contributed by atoms with Crippen LogP contribution in [-0.4, -0.2) is 77.8 Å². The van der Waals surface area contributed by atoms with Gasteiger partial charge in [0.2, 0.25) is 11.8 Å². The van der Waals surface area contributed by atoms with Crippen molar-refractivity contribution in [2.45, 2.75) is 13.3 Å². The molecule has 0 aromatic carbocycles. The molecule has 23 heavy (non-hydrogen) atoms. The average Bonchev–Trinajstić information content (AvgIpc) is 2.95. The molecule has 1 aromatic heterocycles. The summed E-state index contributed by atoms with van der Waals surface area (Å²) >= 11 is 0. The van der Waals surface area contributed by atoms with Crippen LogP contribution in [0, 0.1) is 0 Å². The second kappa shape index (κ2) is 7.96. The van der Waals surface area contributed by atoms with Crippen molar-refractivity contribution in [1.82, 2.24) is 24.9 Å². The molecule has 1 aliphatic heterocycles. The summed E-state index contributed by atoms with van der Waals surface area (Å²) in [5.74, 6) is 0.388. The number of hydrogen-bond acceptors (Lipinski definition) is 5. The molecule has 0 spiro atoms. The molecule has 0 saturated carbocycles. The van der Waals surface area contributed by atoms with Gasteiger partial charge < -0.3 is 15.0 Å². The van der Waals surface area contributed by atoms with E-state index in [0.717, 1.165) is 19.6 Å². The fourth-order valence-electron chi connectivity index (χ4n) is 2.59. The monoisotopic (exact) mass is 323 g/mol. The molecule has 1 N–H and O–H groups in total. The molecule has 0 bridgehead atoms. The number of nitrogens with one attached hydrogen (secondary N) is 1. The molecule has 1 aromatic rings. The predicted octanol–water partition coefficient (Wildman–Crippen LogP) is -0.287. The van der Waals surface area contributed by atoms with Crippen molar-refractivity contribution in [3.05, 3.63) is 11.8 Å². The molecule has 0 unspecified atom stereocenters. The molecule has 1 fully saturated rings. The number of aryl methyl sites for hydroxylation is 1. The highest BCUT2D eigenvalue weighted by atomic mass is 16.5. The highest BCUT2D eigenvalue weighted by Gasteiger charge is 2.25. The van der Waals surface area contributed by atoms with Crippen LogP contribution in [0.3, 0.4) is 0 Å². The lowest BCUT2D eigenvalue weighted by Crippen LogP contribution is -2.50. The van der Waals surface area contributed by atoms with Crippen molar-refractivity contribution in [3.63, 3.8) is 0 Å². The number of rotatable bonds is 6. The number of ether oxygens (including phenoxy) is 1. The van der Waals surface area contributed by atoms with Crippen molar-refractivity contribution < 1.29 is 14.3 Å². The van der Waals surface area contributed by atoms with E-state index >= 15 is 0 Å². The first-order valence-corrected chi connectivity index (χ1v) is 7.91. The molecule has 2 amide bonds. The SMILES string of the molecule is CCC(=O)NCCN1CCN(C(=O)c2cn(C)nc2OC)CC1. The lowest BCUT2D eigenvalue weighted by molar-refractivity contribution is -0.120. The molecule has 8 heteroatoms. The van der Waals surface area contributed by atoms with Gasteiger partial charge in [-0.3, -0.25) is 19.2 Å². The topological polar surface area (TPSA) is 79.7 Å². The predicted molar refractivity (Wildman–Crippen MR) is 85.4 cm³/mol. The summed E-state index contributed by atoms with van der Waals surface area (Å²) in [6.07, 6.45) is 2.20. The second-order valence-electron chi connectivity index (χ2n) is 5.56. The summed E-state index contributed by atoms with van der Waals surface area (Å²) < 4.78 is 6.74. The zero-order chi connectivity index (χ0) is 16.8. The maximum atomic E-state index is 12.6. The minimum Gasteiger partial charge on any atom is -0.479 e. The van der Waals surface area contributed by atoms with Gasteiger partial charge in [-0.1, -0.05) is 6.92 Å². The molecule has 1 saturated heterocycles. The van der Waals surface area contributed by atoms with Crippen LogP contribution in [-0.2, 0) is 11.8 Å². The number of nitrogens with zero attached hydrogens (tertiary/aromatic N) is 4. The molecule has 2 rings (SSSR count). The van der Waals surface area contributed by atoms with Crippen LogP contribution < -0.4 is 10.1 Å². The van der Waals surface area contributed by atoms with E-state index in [1.807, 2.05) is 11.8 Å². The fraction of sp³-hybridized carbons (Fsp3) is 0.667. The molecule has 0 aliphatic carbocycles. The van der Waals surface area contributed by atoms with Crippen LogP contribution >= 0.6 is 0 Å². The van der Waals surface area contributed by atoms with Crippen LogP contribution in [0.2, 0.25) is 0 Å². The highest BCUT2D eigenvalue weighted by molar-refractivity contribution is 5.96. The van der Waals surface area contributed by atoms with E-state index < -0.39 is 0 Å². The van der Waals surface area contributed by atoms with Gasteiger partial charge in [0, 0.05) is 58.9 Å². The van der Waals surface area contributed by atoms with Gasteiger partial charge in [0.05, 0.1) is 7.11 Å². The van der Waals surface area contributed by atoms with Gasteiger partial charge in [0.25, 0.3) is 5.91 Å². The Hall–Kier alpha value is -2.09. The van der Waals surface area contributed by atoms with Crippen molar-refractivity contribution in [2.75, 3.05) is 46.4 Å². The van der Waals surface area contributed by atoms with E-state index in [9.17, 15) is 9.59 Å². The zero-order valence-corrected chi connectivity index (χ0v) is 14.0. The lowest BCUT2D eigenvalue weighted by atomic mass is 10.2. The van der Waals surface area contributed by atoms with E-state index in [0.29, 0.717) is 37.5 Å². The third-order valence-corrected chi connectivity index (χ3v) is 3.95. The van der Waals surface area contributed by atoms with Gasteiger partial charge in [-0.2, -0.15) is 0 Å². The van der Waals surface area contributed by atoms with Crippen LogP contribution in [0.15, 0.2) is 6.20 Å². The Labute approximate surface area is 136 Å². The van der Waals surface area contributed by atoms with Crippen LogP contribution in [0.25, 0.3) is 0 Å². The minimum atomic E-state index is -0.0473. The number of carbonyl (C=O) groups is 2. The molecule has 0 radical (unpaired) electrons. The number of hydrogen-bond donors (Lipinski definition) is 1. The Morgan fingerprint density at radius 2 is 2.00 bits per heavy atom. The van der Waals surface area contributed by atoms with Crippen molar-refractivity contribution in [3.8, 4) is 5.88 Å². The van der Waals surface area contributed by atoms with E-state index in [1.165, 1.54) is 7.11 Å². The highest BCUT2D eigenvalue weighted by Crippen LogP contribution is 2.18. The summed E-state index contributed by atoms with van der Waals surface area (Å²) in [7, 11) is 3.28. The van der Waals surface area contributed by atoms with Crippen LogP contribution in [0.1, 0.15) is 23.7 Å². The molecule has 128 valence electrons. The third-order valence-electron chi connectivity index (χ3n) is 3.95. The van der Waals surface area contributed by atoms with Crippen LogP contribution in [0.4, 0.5) is 0 Å². The Morgan fingerprint density at radius 3 is 2.61 bits per heavy atom. The quantitative estimate of drug-likeness (QED) is 0.778. The van der Waals surface area contributed by atoms with Crippen LogP contribution in [0.5, 0.6) is 5.88 Å². The third kappa shape index (κ3) is 4.44. The van der Waals surface area contributed by atoms with Crippen molar-refractivity contribution >= 4 is 11.8 Å². The van der Waals surface area contributed by atoms with E-state index in [1.54, 1.807) is 17.9 Å². The maximum absolute atomic E-state index is 12.6. The second-order valence-corrected chi connectivity index (χ2v) is 5.56. The number of aromatic nitrogens is 2. The van der Waals surface area contributed by atoms with Gasteiger partial charge in [-0.05, 0) is 0 Å². The summed E-state index contributed by atoms with van der Waals surface area (Å²) in [6.45, 7) is 6.23. The van der Waals surface area contributed by atoms with Crippen molar-refractivity contribution in [2.24, 2.45) is 7.05 Å². The molecule has 2 heterocycles.